The van der Waals surface area contributed by atoms with Crippen LogP contribution in [0.1, 0.15) is 45.1 Å². The van der Waals surface area contributed by atoms with Crippen molar-refractivity contribution in [2.45, 2.75) is 63.4 Å². The van der Waals surface area contributed by atoms with Gasteiger partial charge in [0, 0.05) is 39.8 Å². The van der Waals surface area contributed by atoms with Crippen molar-refractivity contribution in [3.63, 3.8) is 0 Å². The smallest absolute Gasteiger partial charge is 0.217 e. The normalized spacial score (nSPS) is 27.6. The van der Waals surface area contributed by atoms with E-state index in [0.717, 1.165) is 45.5 Å². The van der Waals surface area contributed by atoms with Crippen LogP contribution >= 0.6 is 0 Å². The van der Waals surface area contributed by atoms with E-state index in [0.29, 0.717) is 19.6 Å². The zero-order chi connectivity index (χ0) is 20.0. The van der Waals surface area contributed by atoms with Gasteiger partial charge in [-0.1, -0.05) is 30.3 Å². The van der Waals surface area contributed by atoms with Crippen molar-refractivity contribution in [1.82, 2.24) is 10.2 Å². The molecule has 0 unspecified atom stereocenters. The number of amides is 1. The predicted molar refractivity (Wildman–Crippen MR) is 108 cm³/mol. The van der Waals surface area contributed by atoms with Crippen LogP contribution < -0.4 is 5.32 Å². The maximum atomic E-state index is 11.6. The number of hydrogen-bond acceptors (Lipinski definition) is 5. The first-order chi connectivity index (χ1) is 13.4. The van der Waals surface area contributed by atoms with Gasteiger partial charge in [-0.25, -0.2) is 0 Å². The molecule has 2 heterocycles. The van der Waals surface area contributed by atoms with E-state index >= 15 is 0 Å². The van der Waals surface area contributed by atoms with Crippen LogP contribution in [-0.2, 0) is 20.9 Å². The Balaban J connectivity index is 1.40. The second-order valence-electron chi connectivity index (χ2n) is 8.40. The van der Waals surface area contributed by atoms with Gasteiger partial charge in [-0.05, 0) is 38.2 Å². The third-order valence-corrected chi connectivity index (χ3v) is 6.15. The molecule has 2 N–H and O–H groups in total. The Morgan fingerprint density at radius 3 is 2.68 bits per heavy atom. The first-order valence-corrected chi connectivity index (χ1v) is 10.4. The van der Waals surface area contributed by atoms with E-state index in [1.807, 2.05) is 25.1 Å². The number of benzene rings is 1. The molecule has 0 radical (unpaired) electrons. The number of likely N-dealkylation sites (tertiary alicyclic amines) is 1. The molecule has 2 aliphatic rings. The van der Waals surface area contributed by atoms with E-state index in [4.69, 9.17) is 9.47 Å². The molecule has 1 amide bonds. The van der Waals surface area contributed by atoms with E-state index in [-0.39, 0.29) is 5.91 Å². The maximum Gasteiger partial charge on any atom is 0.217 e. The summed E-state index contributed by atoms with van der Waals surface area (Å²) in [6, 6.07) is 10.2. The molecule has 3 rings (SSSR count). The molecule has 6 nitrogen and oxygen atoms in total. The summed E-state index contributed by atoms with van der Waals surface area (Å²) in [5.74, 6) is -0.105. The highest BCUT2D eigenvalue weighted by atomic mass is 16.5. The van der Waals surface area contributed by atoms with Gasteiger partial charge in [0.2, 0.25) is 5.91 Å². The van der Waals surface area contributed by atoms with E-state index in [2.05, 4.69) is 22.3 Å². The first-order valence-electron chi connectivity index (χ1n) is 10.4. The Kier molecular flexibility index (Phi) is 7.10. The molecule has 0 aliphatic carbocycles. The number of aliphatic hydroxyl groups excluding tert-OH is 1. The van der Waals surface area contributed by atoms with Crippen LogP contribution in [0.25, 0.3) is 0 Å². The SMILES string of the molecule is CC(=O)N[C@@]1(C)CCOC2(CCN(CCCOCc3ccccc3)CC2)[C@@H]1O. The zero-order valence-corrected chi connectivity index (χ0v) is 17.2. The van der Waals surface area contributed by atoms with Crippen LogP contribution in [0.2, 0.25) is 0 Å². The molecule has 0 saturated carbocycles. The molecule has 28 heavy (non-hydrogen) atoms. The van der Waals surface area contributed by atoms with Crippen LogP contribution in [0.5, 0.6) is 0 Å². The lowest BCUT2D eigenvalue weighted by molar-refractivity contribution is -0.207. The molecular formula is C22H34N2O4. The minimum absolute atomic E-state index is 0.105. The number of piperidine rings is 1. The minimum atomic E-state index is -0.686. The fourth-order valence-electron chi connectivity index (χ4n) is 4.52. The molecule has 2 fully saturated rings. The van der Waals surface area contributed by atoms with Crippen LogP contribution in [0.3, 0.4) is 0 Å². The molecule has 2 aliphatic heterocycles. The molecule has 1 aromatic rings. The topological polar surface area (TPSA) is 71.0 Å². The third kappa shape index (κ3) is 5.11. The number of nitrogens with zero attached hydrogens (tertiary/aromatic N) is 1. The molecule has 156 valence electrons. The van der Waals surface area contributed by atoms with Gasteiger partial charge in [0.05, 0.1) is 17.7 Å². The van der Waals surface area contributed by atoms with Crippen molar-refractivity contribution in [3.8, 4) is 0 Å². The standard InChI is InChI=1S/C22H34N2O4/c1-18(25)23-21(2)11-16-28-22(20(21)26)9-13-24(14-10-22)12-6-15-27-17-19-7-4-3-5-8-19/h3-5,7-8,20,26H,6,9-17H2,1-2H3,(H,23,25)/t20-,21+/m1/s1. The average molecular weight is 391 g/mol. The Bertz CT molecular complexity index is 631. The summed E-state index contributed by atoms with van der Waals surface area (Å²) in [5.41, 5.74) is 0.0425. The van der Waals surface area contributed by atoms with E-state index < -0.39 is 17.2 Å². The first kappa shape index (κ1) is 21.2. The van der Waals surface area contributed by atoms with E-state index in [1.165, 1.54) is 12.5 Å². The highest BCUT2D eigenvalue weighted by Gasteiger charge is 2.53. The second-order valence-corrected chi connectivity index (χ2v) is 8.40. The summed E-state index contributed by atoms with van der Waals surface area (Å²) >= 11 is 0. The van der Waals surface area contributed by atoms with Crippen molar-refractivity contribution in [2.24, 2.45) is 0 Å². The number of ether oxygens (including phenoxy) is 2. The molecule has 1 aromatic carbocycles. The Labute approximate surface area is 168 Å². The highest BCUT2D eigenvalue weighted by molar-refractivity contribution is 5.74. The van der Waals surface area contributed by atoms with Gasteiger partial charge in [0.15, 0.2) is 0 Å². The number of aliphatic hydroxyl groups is 1. The number of carbonyl (C=O) groups is 1. The number of carbonyl (C=O) groups excluding carboxylic acids is 1. The summed E-state index contributed by atoms with van der Waals surface area (Å²) < 4.78 is 11.9. The van der Waals surface area contributed by atoms with Gasteiger partial charge in [-0.2, -0.15) is 0 Å². The fraction of sp³-hybridized carbons (Fsp3) is 0.682. The van der Waals surface area contributed by atoms with E-state index in [9.17, 15) is 9.90 Å². The maximum absolute atomic E-state index is 11.6. The van der Waals surface area contributed by atoms with Crippen LogP contribution in [0.4, 0.5) is 0 Å². The predicted octanol–water partition coefficient (Wildman–Crippen LogP) is 2.10. The molecule has 0 bridgehead atoms. The largest absolute Gasteiger partial charge is 0.388 e. The number of rotatable bonds is 7. The zero-order valence-electron chi connectivity index (χ0n) is 17.2. The highest BCUT2D eigenvalue weighted by Crippen LogP contribution is 2.39. The third-order valence-electron chi connectivity index (χ3n) is 6.15. The monoisotopic (exact) mass is 390 g/mol. The van der Waals surface area contributed by atoms with Crippen molar-refractivity contribution < 1.29 is 19.4 Å². The van der Waals surface area contributed by atoms with Gasteiger partial charge in [0.1, 0.15) is 6.10 Å². The number of hydrogen-bond donors (Lipinski definition) is 2. The quantitative estimate of drug-likeness (QED) is 0.698. The molecule has 1 spiro atoms. The minimum Gasteiger partial charge on any atom is -0.388 e. The summed E-state index contributed by atoms with van der Waals surface area (Å²) in [5, 5.41) is 14.0. The number of nitrogens with one attached hydrogen (secondary N) is 1. The van der Waals surface area contributed by atoms with Gasteiger partial charge < -0.3 is 24.8 Å². The summed E-state index contributed by atoms with van der Waals surface area (Å²) in [6.07, 6.45) is 2.52. The summed E-state index contributed by atoms with van der Waals surface area (Å²) in [4.78, 5) is 14.0. The molecular weight excluding hydrogens is 356 g/mol. The Hall–Kier alpha value is -1.47. The van der Waals surface area contributed by atoms with Gasteiger partial charge in [-0.3, -0.25) is 4.79 Å². The molecule has 6 heteroatoms. The molecule has 2 saturated heterocycles. The Morgan fingerprint density at radius 1 is 1.29 bits per heavy atom. The summed E-state index contributed by atoms with van der Waals surface area (Å²) in [6.45, 7) is 8.19. The van der Waals surface area contributed by atoms with E-state index in [1.54, 1.807) is 0 Å². The van der Waals surface area contributed by atoms with Gasteiger partial charge in [0.25, 0.3) is 0 Å². The van der Waals surface area contributed by atoms with Crippen LogP contribution in [0, 0.1) is 0 Å². The van der Waals surface area contributed by atoms with Crippen LogP contribution in [0.15, 0.2) is 30.3 Å². The fourth-order valence-corrected chi connectivity index (χ4v) is 4.52. The molecule has 0 aromatic heterocycles. The average Bonchev–Trinajstić information content (AvgIpc) is 2.68. The van der Waals surface area contributed by atoms with Crippen molar-refractivity contribution in [1.29, 1.82) is 0 Å². The van der Waals surface area contributed by atoms with Crippen molar-refractivity contribution in [2.75, 3.05) is 32.8 Å². The van der Waals surface area contributed by atoms with Crippen molar-refractivity contribution in [3.05, 3.63) is 35.9 Å². The lowest BCUT2D eigenvalue weighted by Crippen LogP contribution is -2.69. The lowest BCUT2D eigenvalue weighted by atomic mass is 9.73. The van der Waals surface area contributed by atoms with Crippen molar-refractivity contribution >= 4 is 5.91 Å². The van der Waals surface area contributed by atoms with Gasteiger partial charge in [-0.15, -0.1) is 0 Å². The second kappa shape index (κ2) is 9.35. The van der Waals surface area contributed by atoms with Gasteiger partial charge >= 0.3 is 0 Å². The molecule has 2 atom stereocenters. The van der Waals surface area contributed by atoms with Crippen LogP contribution in [-0.4, -0.2) is 66.0 Å². The lowest BCUT2D eigenvalue weighted by Gasteiger charge is -2.53. The Morgan fingerprint density at radius 2 is 2.00 bits per heavy atom. The summed E-state index contributed by atoms with van der Waals surface area (Å²) in [7, 11) is 0.